The average molecular weight is 187 g/mol. The van der Waals surface area contributed by atoms with Crippen LogP contribution in [0.2, 0.25) is 0 Å². The summed E-state index contributed by atoms with van der Waals surface area (Å²) in [5.41, 5.74) is 10.2. The Labute approximate surface area is 83.7 Å². The molecule has 0 radical (unpaired) electrons. The van der Waals surface area contributed by atoms with E-state index in [-0.39, 0.29) is 0 Å². The molecule has 0 aliphatic carbocycles. The first-order valence-electron chi connectivity index (χ1n) is 4.73. The maximum Gasteiger partial charge on any atom is 0.105 e. The van der Waals surface area contributed by atoms with Gasteiger partial charge in [-0.1, -0.05) is 6.07 Å². The molecule has 14 heavy (non-hydrogen) atoms. The lowest BCUT2D eigenvalue weighted by atomic mass is 10.1. The fourth-order valence-corrected chi connectivity index (χ4v) is 1.89. The van der Waals surface area contributed by atoms with Gasteiger partial charge in [-0.05, 0) is 30.5 Å². The predicted octanol–water partition coefficient (Wildman–Crippen LogP) is 1.46. The molecule has 0 atom stereocenters. The highest BCUT2D eigenvalue weighted by atomic mass is 15.1. The third kappa shape index (κ3) is 1.29. The van der Waals surface area contributed by atoms with Gasteiger partial charge in [-0.3, -0.25) is 0 Å². The topological polar surface area (TPSA) is 53.0 Å². The van der Waals surface area contributed by atoms with E-state index in [1.807, 2.05) is 13.0 Å². The van der Waals surface area contributed by atoms with Crippen LogP contribution in [-0.4, -0.2) is 13.1 Å². The standard InChI is InChI=1S/C11H13N3/c1-8-6-9-2-4-14(5-3-12)11(9)7-10(8)13/h6-7H,2,4-5,13H2,1H3. The van der Waals surface area contributed by atoms with E-state index in [1.54, 1.807) is 0 Å². The Morgan fingerprint density at radius 3 is 3.07 bits per heavy atom. The molecule has 2 N–H and O–H groups in total. The fourth-order valence-electron chi connectivity index (χ4n) is 1.89. The minimum absolute atomic E-state index is 0.454. The number of hydrogen-bond acceptors (Lipinski definition) is 3. The smallest absolute Gasteiger partial charge is 0.105 e. The molecule has 1 aromatic carbocycles. The Morgan fingerprint density at radius 1 is 1.57 bits per heavy atom. The fraction of sp³-hybridized carbons (Fsp3) is 0.364. The van der Waals surface area contributed by atoms with Crippen LogP contribution < -0.4 is 10.6 Å². The van der Waals surface area contributed by atoms with Crippen LogP contribution in [0.25, 0.3) is 0 Å². The van der Waals surface area contributed by atoms with E-state index in [0.29, 0.717) is 6.54 Å². The first-order valence-corrected chi connectivity index (χ1v) is 4.73. The lowest BCUT2D eigenvalue weighted by molar-refractivity contribution is 0.909. The number of nitrogens with zero attached hydrogens (tertiary/aromatic N) is 2. The van der Waals surface area contributed by atoms with E-state index < -0.39 is 0 Å². The van der Waals surface area contributed by atoms with E-state index in [9.17, 15) is 0 Å². The minimum atomic E-state index is 0.454. The zero-order chi connectivity index (χ0) is 10.1. The van der Waals surface area contributed by atoms with Gasteiger partial charge in [0.05, 0.1) is 6.07 Å². The number of nitrogen functional groups attached to an aromatic ring is 1. The van der Waals surface area contributed by atoms with Gasteiger partial charge in [0, 0.05) is 17.9 Å². The van der Waals surface area contributed by atoms with E-state index in [1.165, 1.54) is 5.56 Å². The van der Waals surface area contributed by atoms with Crippen molar-refractivity contribution in [3.8, 4) is 6.07 Å². The van der Waals surface area contributed by atoms with Crippen LogP contribution in [0.3, 0.4) is 0 Å². The molecule has 0 bridgehead atoms. The van der Waals surface area contributed by atoms with Gasteiger partial charge in [0.1, 0.15) is 6.54 Å². The van der Waals surface area contributed by atoms with E-state index in [2.05, 4.69) is 17.0 Å². The van der Waals surface area contributed by atoms with Gasteiger partial charge in [0.15, 0.2) is 0 Å². The van der Waals surface area contributed by atoms with Crippen LogP contribution in [-0.2, 0) is 6.42 Å². The summed E-state index contributed by atoms with van der Waals surface area (Å²) in [6.07, 6.45) is 1.03. The molecule has 1 heterocycles. The van der Waals surface area contributed by atoms with Crippen LogP contribution in [0.1, 0.15) is 11.1 Å². The Morgan fingerprint density at radius 2 is 2.36 bits per heavy atom. The second-order valence-corrected chi connectivity index (χ2v) is 3.67. The van der Waals surface area contributed by atoms with Crippen molar-refractivity contribution in [3.05, 3.63) is 23.3 Å². The molecule has 0 saturated carbocycles. The highest BCUT2D eigenvalue weighted by Gasteiger charge is 2.19. The van der Waals surface area contributed by atoms with Gasteiger partial charge < -0.3 is 10.6 Å². The van der Waals surface area contributed by atoms with Crippen LogP contribution >= 0.6 is 0 Å². The molecule has 3 nitrogen and oxygen atoms in total. The average Bonchev–Trinajstić information content (AvgIpc) is 2.51. The molecular weight excluding hydrogens is 174 g/mol. The summed E-state index contributed by atoms with van der Waals surface area (Å²) < 4.78 is 0. The van der Waals surface area contributed by atoms with Crippen molar-refractivity contribution < 1.29 is 0 Å². The first kappa shape index (κ1) is 8.89. The molecule has 2 rings (SSSR count). The number of nitriles is 1. The lowest BCUT2D eigenvalue weighted by Gasteiger charge is -2.15. The maximum atomic E-state index is 8.65. The van der Waals surface area contributed by atoms with Crippen molar-refractivity contribution in [2.24, 2.45) is 0 Å². The second-order valence-electron chi connectivity index (χ2n) is 3.67. The van der Waals surface area contributed by atoms with E-state index >= 15 is 0 Å². The van der Waals surface area contributed by atoms with Crippen molar-refractivity contribution in [2.75, 3.05) is 23.7 Å². The van der Waals surface area contributed by atoms with Crippen molar-refractivity contribution in [1.82, 2.24) is 0 Å². The second kappa shape index (κ2) is 3.22. The highest BCUT2D eigenvalue weighted by Crippen LogP contribution is 2.31. The van der Waals surface area contributed by atoms with Crippen LogP contribution in [0, 0.1) is 18.3 Å². The van der Waals surface area contributed by atoms with Gasteiger partial charge in [-0.2, -0.15) is 5.26 Å². The molecule has 0 aromatic heterocycles. The Hall–Kier alpha value is -1.69. The highest BCUT2D eigenvalue weighted by molar-refractivity contribution is 5.67. The van der Waals surface area contributed by atoms with E-state index in [4.69, 9.17) is 11.0 Å². The molecule has 1 aromatic rings. The monoisotopic (exact) mass is 187 g/mol. The van der Waals surface area contributed by atoms with Gasteiger partial charge in [-0.25, -0.2) is 0 Å². The van der Waals surface area contributed by atoms with Crippen molar-refractivity contribution >= 4 is 11.4 Å². The van der Waals surface area contributed by atoms with Crippen molar-refractivity contribution in [1.29, 1.82) is 5.26 Å². The molecule has 1 aliphatic heterocycles. The normalized spacial score (nSPS) is 13.9. The predicted molar refractivity (Wildman–Crippen MR) is 57.1 cm³/mol. The summed E-state index contributed by atoms with van der Waals surface area (Å²) in [5, 5.41) is 8.65. The largest absolute Gasteiger partial charge is 0.398 e. The number of anilines is 2. The number of aryl methyl sites for hydroxylation is 1. The summed E-state index contributed by atoms with van der Waals surface area (Å²) >= 11 is 0. The SMILES string of the molecule is Cc1cc2c(cc1N)N(CC#N)CC2. The van der Waals surface area contributed by atoms with Crippen LogP contribution in [0.15, 0.2) is 12.1 Å². The molecule has 0 saturated heterocycles. The molecule has 0 unspecified atom stereocenters. The Bertz CT molecular complexity index is 404. The molecule has 0 fully saturated rings. The summed E-state index contributed by atoms with van der Waals surface area (Å²) in [6.45, 7) is 3.41. The van der Waals surface area contributed by atoms with Crippen LogP contribution in [0.5, 0.6) is 0 Å². The van der Waals surface area contributed by atoms with Crippen molar-refractivity contribution in [2.45, 2.75) is 13.3 Å². The van der Waals surface area contributed by atoms with Gasteiger partial charge in [0.2, 0.25) is 0 Å². The summed E-state index contributed by atoms with van der Waals surface area (Å²) in [7, 11) is 0. The lowest BCUT2D eigenvalue weighted by Crippen LogP contribution is -2.20. The molecule has 1 aliphatic rings. The molecular formula is C11H13N3. The molecule has 72 valence electrons. The third-order valence-corrected chi connectivity index (χ3v) is 2.72. The zero-order valence-corrected chi connectivity index (χ0v) is 8.25. The Kier molecular flexibility index (Phi) is 2.05. The summed E-state index contributed by atoms with van der Waals surface area (Å²) in [6, 6.07) is 6.28. The minimum Gasteiger partial charge on any atom is -0.398 e. The van der Waals surface area contributed by atoms with Crippen molar-refractivity contribution in [3.63, 3.8) is 0 Å². The molecule has 0 spiro atoms. The maximum absolute atomic E-state index is 8.65. The Balaban J connectivity index is 2.41. The number of nitrogens with two attached hydrogens (primary N) is 1. The van der Waals surface area contributed by atoms with Gasteiger partial charge in [-0.15, -0.1) is 0 Å². The summed E-state index contributed by atoms with van der Waals surface area (Å²) in [5.74, 6) is 0. The first-order chi connectivity index (χ1) is 6.72. The van der Waals surface area contributed by atoms with Crippen LogP contribution in [0.4, 0.5) is 11.4 Å². The molecule has 0 amide bonds. The summed E-state index contributed by atoms with van der Waals surface area (Å²) in [4.78, 5) is 2.07. The zero-order valence-electron chi connectivity index (χ0n) is 8.25. The number of rotatable bonds is 1. The molecule has 3 heteroatoms. The number of benzene rings is 1. The quantitative estimate of drug-likeness (QED) is 0.535. The number of fused-ring (bicyclic) bond motifs is 1. The van der Waals surface area contributed by atoms with E-state index in [0.717, 1.165) is 29.9 Å². The third-order valence-electron chi connectivity index (χ3n) is 2.72. The number of hydrogen-bond donors (Lipinski definition) is 1. The van der Waals surface area contributed by atoms with Gasteiger partial charge in [0.25, 0.3) is 0 Å². The van der Waals surface area contributed by atoms with Gasteiger partial charge >= 0.3 is 0 Å².